The van der Waals surface area contributed by atoms with Gasteiger partial charge >= 0.3 is 0 Å². The molecule has 0 saturated heterocycles. The molecule has 0 atom stereocenters. The van der Waals surface area contributed by atoms with Crippen LogP contribution in [0.1, 0.15) is 12.8 Å². The lowest BCUT2D eigenvalue weighted by Gasteiger charge is -1.78. The molecule has 39 valence electrons. The van der Waals surface area contributed by atoms with Crippen molar-refractivity contribution in [1.29, 1.82) is 0 Å². The molecule has 0 N–H and O–H groups in total. The predicted molar refractivity (Wildman–Crippen MR) is 28.3 cm³/mol. The fourth-order valence-corrected chi connectivity index (χ4v) is 0.244. The Hall–Kier alpha value is -0.510. The zero-order valence-corrected chi connectivity index (χ0v) is 4.21. The highest BCUT2D eigenvalue weighted by Gasteiger charge is 1.75. The van der Waals surface area contributed by atoms with Crippen LogP contribution in [0, 0.1) is 18.8 Å². The van der Waals surface area contributed by atoms with Crippen molar-refractivity contribution in [2.75, 3.05) is 6.67 Å². The molecule has 0 nitrogen and oxygen atoms in total. The first-order valence-electron chi connectivity index (χ1n) is 2.22. The van der Waals surface area contributed by atoms with Gasteiger partial charge in [0.05, 0.1) is 6.67 Å². The van der Waals surface area contributed by atoms with Crippen LogP contribution in [0.2, 0.25) is 0 Å². The summed E-state index contributed by atoms with van der Waals surface area (Å²) in [6, 6.07) is 0. The minimum absolute atomic E-state index is 0.269. The third-order valence-corrected chi connectivity index (χ3v) is 0.560. The fourth-order valence-electron chi connectivity index (χ4n) is 0.244. The van der Waals surface area contributed by atoms with Gasteiger partial charge in [0.1, 0.15) is 0 Å². The smallest absolute Gasteiger partial charge is 0.0903 e. The van der Waals surface area contributed by atoms with Crippen LogP contribution in [0.3, 0.4) is 0 Å². The van der Waals surface area contributed by atoms with Crippen molar-refractivity contribution in [2.24, 2.45) is 0 Å². The van der Waals surface area contributed by atoms with E-state index in [1.807, 2.05) is 0 Å². The highest BCUT2D eigenvalue weighted by Crippen LogP contribution is 1.84. The van der Waals surface area contributed by atoms with Gasteiger partial charge in [-0.1, -0.05) is 0 Å². The second-order valence-corrected chi connectivity index (χ2v) is 1.15. The molecule has 0 aliphatic rings. The SMILES string of the molecule is [CH2]C#CCCCF. The topological polar surface area (TPSA) is 0 Å². The van der Waals surface area contributed by atoms with E-state index in [0.717, 1.165) is 0 Å². The van der Waals surface area contributed by atoms with Gasteiger partial charge in [-0.2, -0.15) is 0 Å². The van der Waals surface area contributed by atoms with E-state index in [9.17, 15) is 4.39 Å². The minimum atomic E-state index is -0.269. The molecule has 0 heterocycles. The molecule has 0 unspecified atom stereocenters. The molecule has 0 aliphatic heterocycles. The van der Waals surface area contributed by atoms with E-state index in [2.05, 4.69) is 18.8 Å². The van der Waals surface area contributed by atoms with E-state index in [1.165, 1.54) is 0 Å². The van der Waals surface area contributed by atoms with Gasteiger partial charge in [-0.15, -0.1) is 11.8 Å². The van der Waals surface area contributed by atoms with E-state index < -0.39 is 0 Å². The highest BCUT2D eigenvalue weighted by molar-refractivity contribution is 5.00. The summed E-state index contributed by atoms with van der Waals surface area (Å²) in [6.07, 6.45) is 1.18. The molecular formula is C6H8F. The standard InChI is InChI=1S/C6H8F/c1-2-3-4-5-6-7/h1,4-6H2. The molecule has 0 aromatic carbocycles. The van der Waals surface area contributed by atoms with E-state index >= 15 is 0 Å². The van der Waals surface area contributed by atoms with Crippen molar-refractivity contribution < 1.29 is 4.39 Å². The summed E-state index contributed by atoms with van der Waals surface area (Å²) >= 11 is 0. The summed E-state index contributed by atoms with van der Waals surface area (Å²) in [6.45, 7) is 3.00. The van der Waals surface area contributed by atoms with Crippen molar-refractivity contribution in [3.05, 3.63) is 6.92 Å². The maximum absolute atomic E-state index is 11.2. The molecule has 1 heteroatoms. The molecule has 0 saturated carbocycles. The van der Waals surface area contributed by atoms with Crippen LogP contribution >= 0.6 is 0 Å². The zero-order chi connectivity index (χ0) is 5.54. The van der Waals surface area contributed by atoms with Gasteiger partial charge in [-0.05, 0) is 6.42 Å². The molecule has 7 heavy (non-hydrogen) atoms. The first kappa shape index (κ1) is 6.49. The average molecular weight is 99.1 g/mol. The maximum atomic E-state index is 11.2. The molecule has 0 bridgehead atoms. The van der Waals surface area contributed by atoms with E-state index in [1.54, 1.807) is 0 Å². The number of rotatable bonds is 2. The molecule has 0 spiro atoms. The minimum Gasteiger partial charge on any atom is -0.251 e. The quantitative estimate of drug-likeness (QED) is 0.364. The summed E-state index contributed by atoms with van der Waals surface area (Å²) < 4.78 is 11.2. The van der Waals surface area contributed by atoms with Crippen LogP contribution in [0.25, 0.3) is 0 Å². The number of halogens is 1. The maximum Gasteiger partial charge on any atom is 0.0903 e. The van der Waals surface area contributed by atoms with E-state index in [-0.39, 0.29) is 6.67 Å². The van der Waals surface area contributed by atoms with Crippen molar-refractivity contribution in [2.45, 2.75) is 12.8 Å². The van der Waals surface area contributed by atoms with Crippen molar-refractivity contribution in [1.82, 2.24) is 0 Å². The Labute approximate surface area is 43.7 Å². The lowest BCUT2D eigenvalue weighted by atomic mass is 10.3. The molecule has 0 rings (SSSR count). The van der Waals surface area contributed by atoms with Crippen LogP contribution in [0.15, 0.2) is 0 Å². The summed E-state index contributed by atoms with van der Waals surface area (Å²) in [7, 11) is 0. The normalized spacial score (nSPS) is 7.14. The van der Waals surface area contributed by atoms with Crippen LogP contribution < -0.4 is 0 Å². The first-order chi connectivity index (χ1) is 3.41. The second kappa shape index (κ2) is 5.49. The largest absolute Gasteiger partial charge is 0.251 e. The fraction of sp³-hybridized carbons (Fsp3) is 0.500. The lowest BCUT2D eigenvalue weighted by molar-refractivity contribution is 0.477. The molecule has 1 radical (unpaired) electrons. The summed E-state index contributed by atoms with van der Waals surface area (Å²) in [5.74, 6) is 5.08. The first-order valence-corrected chi connectivity index (χ1v) is 2.22. The second-order valence-electron chi connectivity index (χ2n) is 1.15. The zero-order valence-electron chi connectivity index (χ0n) is 4.21. The third kappa shape index (κ3) is 5.49. The van der Waals surface area contributed by atoms with Gasteiger partial charge < -0.3 is 0 Å². The van der Waals surface area contributed by atoms with Gasteiger partial charge in [0, 0.05) is 13.3 Å². The van der Waals surface area contributed by atoms with E-state index in [4.69, 9.17) is 0 Å². The number of alkyl halides is 1. The van der Waals surface area contributed by atoms with Crippen LogP contribution in [0.5, 0.6) is 0 Å². The van der Waals surface area contributed by atoms with Gasteiger partial charge in [-0.3, -0.25) is 4.39 Å². The van der Waals surface area contributed by atoms with Crippen LogP contribution in [-0.2, 0) is 0 Å². The van der Waals surface area contributed by atoms with Gasteiger partial charge in [-0.25, -0.2) is 0 Å². The molecule has 0 aromatic rings. The number of unbranched alkanes of at least 4 members (excludes halogenated alkanes) is 1. The third-order valence-electron chi connectivity index (χ3n) is 0.560. The average Bonchev–Trinajstić information content (AvgIpc) is 1.69. The Morgan fingerprint density at radius 3 is 2.71 bits per heavy atom. The number of hydrogen-bond donors (Lipinski definition) is 0. The Balaban J connectivity index is 2.78. The molecule has 0 aromatic heterocycles. The van der Waals surface area contributed by atoms with Crippen molar-refractivity contribution >= 4 is 0 Å². The Morgan fingerprint density at radius 2 is 2.29 bits per heavy atom. The molecular weight excluding hydrogens is 91.1 g/mol. The van der Waals surface area contributed by atoms with Crippen LogP contribution in [0.4, 0.5) is 4.39 Å². The summed E-state index contributed by atoms with van der Waals surface area (Å²) in [5.41, 5.74) is 0. The highest BCUT2D eigenvalue weighted by atomic mass is 19.1. The molecule has 0 fully saturated rings. The van der Waals surface area contributed by atoms with Crippen molar-refractivity contribution in [3.8, 4) is 11.8 Å². The van der Waals surface area contributed by atoms with E-state index in [0.29, 0.717) is 12.8 Å². The van der Waals surface area contributed by atoms with Gasteiger partial charge in [0.15, 0.2) is 0 Å². The summed E-state index contributed by atoms with van der Waals surface area (Å²) in [5, 5.41) is 0. The van der Waals surface area contributed by atoms with Crippen LogP contribution in [-0.4, -0.2) is 6.67 Å². The van der Waals surface area contributed by atoms with Gasteiger partial charge in [0.25, 0.3) is 0 Å². The molecule has 0 amide bonds. The van der Waals surface area contributed by atoms with Crippen molar-refractivity contribution in [3.63, 3.8) is 0 Å². The summed E-state index contributed by atoms with van der Waals surface area (Å²) in [4.78, 5) is 0. The lowest BCUT2D eigenvalue weighted by Crippen LogP contribution is -1.70. The van der Waals surface area contributed by atoms with Gasteiger partial charge in [0.2, 0.25) is 0 Å². The predicted octanol–water partition coefficient (Wildman–Crippen LogP) is 1.57. The monoisotopic (exact) mass is 99.1 g/mol. The molecule has 0 aliphatic carbocycles. The Morgan fingerprint density at radius 1 is 1.57 bits per heavy atom. The Bertz CT molecular complexity index is 75.9. The Kier molecular flexibility index (Phi) is 5.09. The number of hydrogen-bond acceptors (Lipinski definition) is 0.